The highest BCUT2D eigenvalue weighted by molar-refractivity contribution is 7.91. The molecular formula is C23H27N3O5S. The van der Waals surface area contributed by atoms with Crippen LogP contribution in [0.25, 0.3) is 0 Å². The van der Waals surface area contributed by atoms with Gasteiger partial charge in [0.25, 0.3) is 5.91 Å². The fourth-order valence-corrected chi connectivity index (χ4v) is 6.84. The second kappa shape index (κ2) is 8.37. The molecule has 2 saturated heterocycles. The minimum Gasteiger partial charge on any atom is -0.459 e. The third kappa shape index (κ3) is 4.06. The van der Waals surface area contributed by atoms with Crippen LogP contribution in [0.3, 0.4) is 0 Å². The summed E-state index contributed by atoms with van der Waals surface area (Å²) in [5.41, 5.74) is 2.13. The van der Waals surface area contributed by atoms with Gasteiger partial charge in [-0.1, -0.05) is 24.3 Å². The van der Waals surface area contributed by atoms with Gasteiger partial charge in [0.05, 0.1) is 17.8 Å². The average Bonchev–Trinajstić information content (AvgIpc) is 3.47. The van der Waals surface area contributed by atoms with Crippen molar-refractivity contribution in [1.29, 1.82) is 0 Å². The van der Waals surface area contributed by atoms with Gasteiger partial charge in [-0.15, -0.1) is 0 Å². The fraction of sp³-hybridized carbons (Fsp3) is 0.478. The van der Waals surface area contributed by atoms with Crippen molar-refractivity contribution >= 4 is 21.7 Å². The van der Waals surface area contributed by atoms with Crippen LogP contribution in [-0.2, 0) is 27.6 Å². The molecule has 4 heterocycles. The van der Waals surface area contributed by atoms with E-state index >= 15 is 0 Å². The third-order valence-electron chi connectivity index (χ3n) is 6.88. The number of amides is 2. The molecule has 0 saturated carbocycles. The molecule has 5 rings (SSSR count). The number of carbonyl (C=O) groups is 2. The van der Waals surface area contributed by atoms with Gasteiger partial charge in [0.2, 0.25) is 5.91 Å². The summed E-state index contributed by atoms with van der Waals surface area (Å²) in [5, 5.41) is 0. The lowest BCUT2D eigenvalue weighted by Gasteiger charge is -2.42. The first-order valence-electron chi connectivity index (χ1n) is 11.1. The van der Waals surface area contributed by atoms with E-state index in [-0.39, 0.29) is 35.1 Å². The molecule has 2 atom stereocenters. The highest BCUT2D eigenvalue weighted by atomic mass is 32.2. The van der Waals surface area contributed by atoms with Gasteiger partial charge in [-0.2, -0.15) is 0 Å². The normalized spacial score (nSPS) is 25.5. The molecule has 0 bridgehead atoms. The minimum atomic E-state index is -2.93. The molecular weight excluding hydrogens is 430 g/mol. The predicted molar refractivity (Wildman–Crippen MR) is 118 cm³/mol. The molecule has 8 nitrogen and oxygen atoms in total. The van der Waals surface area contributed by atoms with Crippen molar-refractivity contribution in [3.05, 3.63) is 59.5 Å². The summed E-state index contributed by atoms with van der Waals surface area (Å²) in [6.45, 7) is 2.75. The maximum atomic E-state index is 13.6. The van der Waals surface area contributed by atoms with E-state index in [1.165, 1.54) is 6.26 Å². The summed E-state index contributed by atoms with van der Waals surface area (Å²) >= 11 is 0. The second-order valence-electron chi connectivity index (χ2n) is 8.82. The molecule has 2 unspecified atom stereocenters. The van der Waals surface area contributed by atoms with E-state index in [2.05, 4.69) is 4.90 Å². The lowest BCUT2D eigenvalue weighted by Crippen LogP contribution is -2.58. The van der Waals surface area contributed by atoms with E-state index < -0.39 is 15.9 Å². The van der Waals surface area contributed by atoms with Crippen molar-refractivity contribution in [2.75, 3.05) is 37.7 Å². The second-order valence-corrected chi connectivity index (χ2v) is 11.0. The Labute approximate surface area is 187 Å². The van der Waals surface area contributed by atoms with Crippen LogP contribution in [-0.4, -0.2) is 84.7 Å². The van der Waals surface area contributed by atoms with Crippen LogP contribution in [0.2, 0.25) is 0 Å². The van der Waals surface area contributed by atoms with Crippen LogP contribution in [0, 0.1) is 0 Å². The standard InChI is InChI=1S/C23H27N3O5S/c27-22(25-10-8-24(9-11-25)19-7-13-32(29,30)16-19)20-14-17-4-1-2-5-18(17)15-26(20)23(28)21-6-3-12-31-21/h1-6,12,19-20H,7-11,13-16H2. The molecule has 1 aromatic carbocycles. The lowest BCUT2D eigenvalue weighted by molar-refractivity contribution is -0.138. The molecule has 2 amide bonds. The number of piperazine rings is 1. The zero-order valence-electron chi connectivity index (χ0n) is 17.9. The molecule has 170 valence electrons. The van der Waals surface area contributed by atoms with Crippen molar-refractivity contribution in [3.8, 4) is 0 Å². The van der Waals surface area contributed by atoms with Gasteiger partial charge >= 0.3 is 0 Å². The number of fused-ring (bicyclic) bond motifs is 1. The number of furan rings is 1. The third-order valence-corrected chi connectivity index (χ3v) is 8.63. The van der Waals surface area contributed by atoms with Crippen LogP contribution < -0.4 is 0 Å². The Morgan fingerprint density at radius 3 is 2.38 bits per heavy atom. The van der Waals surface area contributed by atoms with Crippen LogP contribution in [0.1, 0.15) is 28.1 Å². The number of nitrogens with zero attached hydrogens (tertiary/aromatic N) is 3. The van der Waals surface area contributed by atoms with Gasteiger partial charge in [0, 0.05) is 45.2 Å². The van der Waals surface area contributed by atoms with Crippen molar-refractivity contribution in [1.82, 2.24) is 14.7 Å². The first-order valence-corrected chi connectivity index (χ1v) is 12.9. The summed E-state index contributed by atoms with van der Waals surface area (Å²) < 4.78 is 29.0. The Kier molecular flexibility index (Phi) is 5.54. The van der Waals surface area contributed by atoms with Gasteiger partial charge in [0.15, 0.2) is 15.6 Å². The molecule has 3 aliphatic rings. The Morgan fingerprint density at radius 2 is 1.72 bits per heavy atom. The summed E-state index contributed by atoms with van der Waals surface area (Å²) in [7, 11) is -2.93. The molecule has 3 aliphatic heterocycles. The molecule has 2 fully saturated rings. The number of sulfone groups is 1. The van der Waals surface area contributed by atoms with Crippen molar-refractivity contribution in [2.24, 2.45) is 0 Å². The summed E-state index contributed by atoms with van der Waals surface area (Å²) in [5.74, 6) is 0.360. The number of rotatable bonds is 3. The van der Waals surface area contributed by atoms with Gasteiger partial charge in [-0.3, -0.25) is 14.5 Å². The molecule has 9 heteroatoms. The Morgan fingerprint density at radius 1 is 0.969 bits per heavy atom. The quantitative estimate of drug-likeness (QED) is 0.688. The Balaban J connectivity index is 1.31. The van der Waals surface area contributed by atoms with Gasteiger partial charge in [-0.05, 0) is 29.7 Å². The maximum absolute atomic E-state index is 13.6. The summed E-state index contributed by atoms with van der Waals surface area (Å²) in [6.07, 6.45) is 2.61. The van der Waals surface area contributed by atoms with Crippen molar-refractivity contribution < 1.29 is 22.4 Å². The highest BCUT2D eigenvalue weighted by Gasteiger charge is 2.40. The molecule has 2 aromatic rings. The van der Waals surface area contributed by atoms with E-state index in [9.17, 15) is 18.0 Å². The fourth-order valence-electron chi connectivity index (χ4n) is 5.08. The molecule has 32 heavy (non-hydrogen) atoms. The van der Waals surface area contributed by atoms with Gasteiger partial charge < -0.3 is 14.2 Å². The number of hydrogen-bond donors (Lipinski definition) is 0. The van der Waals surface area contributed by atoms with Crippen LogP contribution >= 0.6 is 0 Å². The lowest BCUT2D eigenvalue weighted by atomic mass is 9.92. The van der Waals surface area contributed by atoms with Crippen LogP contribution in [0.15, 0.2) is 47.1 Å². The van der Waals surface area contributed by atoms with Gasteiger partial charge in [-0.25, -0.2) is 8.42 Å². The van der Waals surface area contributed by atoms with Crippen molar-refractivity contribution in [2.45, 2.75) is 31.5 Å². The molecule has 0 spiro atoms. The molecule has 1 aromatic heterocycles. The number of carbonyl (C=O) groups excluding carboxylic acids is 2. The van der Waals surface area contributed by atoms with E-state index in [0.717, 1.165) is 11.1 Å². The zero-order chi connectivity index (χ0) is 22.3. The number of hydrogen-bond acceptors (Lipinski definition) is 6. The van der Waals surface area contributed by atoms with Gasteiger partial charge in [0.1, 0.15) is 6.04 Å². The van der Waals surface area contributed by atoms with Crippen molar-refractivity contribution in [3.63, 3.8) is 0 Å². The van der Waals surface area contributed by atoms with Crippen LogP contribution in [0.4, 0.5) is 0 Å². The molecule has 0 radical (unpaired) electrons. The largest absolute Gasteiger partial charge is 0.459 e. The number of benzene rings is 1. The first kappa shape index (κ1) is 21.2. The monoisotopic (exact) mass is 457 g/mol. The Hall–Kier alpha value is -2.65. The Bertz CT molecular complexity index is 1110. The van der Waals surface area contributed by atoms with E-state index in [4.69, 9.17) is 4.42 Å². The molecule has 0 aliphatic carbocycles. The maximum Gasteiger partial charge on any atom is 0.290 e. The minimum absolute atomic E-state index is 0.0517. The summed E-state index contributed by atoms with van der Waals surface area (Å²) in [4.78, 5) is 32.4. The summed E-state index contributed by atoms with van der Waals surface area (Å²) in [6, 6.07) is 10.7. The first-order chi connectivity index (χ1) is 15.4. The SMILES string of the molecule is O=C(C1Cc2ccccc2CN1C(=O)c1ccco1)N1CCN(C2CCS(=O)(=O)C2)CC1. The molecule has 0 N–H and O–H groups in total. The smallest absolute Gasteiger partial charge is 0.290 e. The van der Waals surface area contributed by atoms with E-state index in [1.807, 2.05) is 29.2 Å². The highest BCUT2D eigenvalue weighted by Crippen LogP contribution is 2.27. The van der Waals surface area contributed by atoms with E-state index in [0.29, 0.717) is 45.6 Å². The van der Waals surface area contributed by atoms with E-state index in [1.54, 1.807) is 17.0 Å². The topological polar surface area (TPSA) is 91.1 Å². The van der Waals surface area contributed by atoms with Crippen LogP contribution in [0.5, 0.6) is 0 Å². The predicted octanol–water partition coefficient (Wildman–Crippen LogP) is 1.18. The zero-order valence-corrected chi connectivity index (χ0v) is 18.7. The average molecular weight is 458 g/mol.